The van der Waals surface area contributed by atoms with Crippen LogP contribution in [0.15, 0.2) is 22.7 Å². The fourth-order valence-corrected chi connectivity index (χ4v) is 1.12. The molecule has 1 aromatic carbocycles. The van der Waals surface area contributed by atoms with Gasteiger partial charge in [0.2, 0.25) is 0 Å². The number of halogens is 1. The zero-order valence-electron chi connectivity index (χ0n) is 6.17. The number of aromatic hydroxyl groups is 1. The molecule has 0 aromatic heterocycles. The van der Waals surface area contributed by atoms with Crippen molar-refractivity contribution in [3.63, 3.8) is 0 Å². The molecule has 0 atom stereocenters. The minimum Gasteiger partial charge on any atom is -0.503 e. The predicted molar refractivity (Wildman–Crippen MR) is 47.0 cm³/mol. The van der Waals surface area contributed by atoms with Gasteiger partial charge in [-0.3, -0.25) is 0 Å². The summed E-state index contributed by atoms with van der Waals surface area (Å²) in [6.07, 6.45) is 0. The molecule has 3 heteroatoms. The van der Waals surface area contributed by atoms with Crippen molar-refractivity contribution in [1.82, 2.24) is 0 Å². The predicted octanol–water partition coefficient (Wildman–Crippen LogP) is 2.55. The van der Waals surface area contributed by atoms with Gasteiger partial charge < -0.3 is 9.84 Å². The highest BCUT2D eigenvalue weighted by Crippen LogP contribution is 2.33. The Hall–Kier alpha value is -0.700. The molecule has 60 valence electrons. The zero-order chi connectivity index (χ0) is 8.27. The molecule has 1 N–H and O–H groups in total. The molecule has 11 heavy (non-hydrogen) atoms. The zero-order valence-corrected chi connectivity index (χ0v) is 7.76. The minimum atomic E-state index is 0.161. The maximum Gasteiger partial charge on any atom is 0.172 e. The monoisotopic (exact) mass is 216 g/mol. The lowest BCUT2D eigenvalue weighted by atomic mass is 10.3. The van der Waals surface area contributed by atoms with Gasteiger partial charge in [0.25, 0.3) is 0 Å². The average Bonchev–Trinajstić information content (AvgIpc) is 1.99. The van der Waals surface area contributed by atoms with E-state index in [0.29, 0.717) is 16.8 Å². The topological polar surface area (TPSA) is 29.5 Å². The molecule has 2 nitrogen and oxygen atoms in total. The van der Waals surface area contributed by atoms with Crippen LogP contribution in [-0.4, -0.2) is 11.7 Å². The van der Waals surface area contributed by atoms with E-state index in [-0.39, 0.29) is 5.75 Å². The summed E-state index contributed by atoms with van der Waals surface area (Å²) in [5.41, 5.74) is 0. The van der Waals surface area contributed by atoms with Crippen molar-refractivity contribution < 1.29 is 9.84 Å². The second-order valence-corrected chi connectivity index (χ2v) is 2.87. The van der Waals surface area contributed by atoms with Crippen molar-refractivity contribution in [2.75, 3.05) is 6.61 Å². The Balaban J connectivity index is 2.96. The molecule has 0 aliphatic heterocycles. The summed E-state index contributed by atoms with van der Waals surface area (Å²) in [4.78, 5) is 0. The molecular formula is C8H9BrO2. The molecule has 0 bridgehead atoms. The highest BCUT2D eigenvalue weighted by Gasteiger charge is 2.03. The Kier molecular flexibility index (Phi) is 2.76. The first-order valence-corrected chi connectivity index (χ1v) is 4.15. The quantitative estimate of drug-likeness (QED) is 0.824. The van der Waals surface area contributed by atoms with Crippen LogP contribution in [0.4, 0.5) is 0 Å². The van der Waals surface area contributed by atoms with Gasteiger partial charge in [-0.25, -0.2) is 0 Å². The van der Waals surface area contributed by atoms with Crippen molar-refractivity contribution in [1.29, 1.82) is 0 Å². The minimum absolute atomic E-state index is 0.161. The van der Waals surface area contributed by atoms with E-state index in [0.717, 1.165) is 0 Å². The highest BCUT2D eigenvalue weighted by atomic mass is 79.9. The van der Waals surface area contributed by atoms with E-state index < -0.39 is 0 Å². The summed E-state index contributed by atoms with van der Waals surface area (Å²) in [6.45, 7) is 2.43. The lowest BCUT2D eigenvalue weighted by Gasteiger charge is -2.05. The van der Waals surface area contributed by atoms with Gasteiger partial charge in [0, 0.05) is 0 Å². The third-order valence-corrected chi connectivity index (χ3v) is 1.89. The highest BCUT2D eigenvalue weighted by molar-refractivity contribution is 9.10. The number of rotatable bonds is 2. The van der Waals surface area contributed by atoms with E-state index in [4.69, 9.17) is 4.74 Å². The third kappa shape index (κ3) is 1.87. The molecule has 0 unspecified atom stereocenters. The van der Waals surface area contributed by atoms with Crippen molar-refractivity contribution >= 4 is 15.9 Å². The number of hydrogen-bond donors (Lipinski definition) is 1. The number of phenolic OH excluding ortho intramolecular Hbond substituents is 1. The van der Waals surface area contributed by atoms with Crippen molar-refractivity contribution in [2.24, 2.45) is 0 Å². The first-order chi connectivity index (χ1) is 5.25. The summed E-state index contributed by atoms with van der Waals surface area (Å²) in [6, 6.07) is 5.30. The average molecular weight is 217 g/mol. The smallest absolute Gasteiger partial charge is 0.172 e. The van der Waals surface area contributed by atoms with Crippen LogP contribution < -0.4 is 4.74 Å². The van der Waals surface area contributed by atoms with Crippen LogP contribution in [0.3, 0.4) is 0 Å². The van der Waals surface area contributed by atoms with E-state index in [1.807, 2.05) is 13.0 Å². The van der Waals surface area contributed by atoms with Crippen LogP contribution in [0.25, 0.3) is 0 Å². The Morgan fingerprint density at radius 2 is 2.27 bits per heavy atom. The fraction of sp³-hybridized carbons (Fsp3) is 0.250. The number of hydrogen-bond acceptors (Lipinski definition) is 2. The number of para-hydroxylation sites is 1. The van der Waals surface area contributed by atoms with E-state index in [2.05, 4.69) is 15.9 Å². The third-order valence-electron chi connectivity index (χ3n) is 1.25. The van der Waals surface area contributed by atoms with E-state index in [1.54, 1.807) is 12.1 Å². The normalized spacial score (nSPS) is 9.64. The van der Waals surface area contributed by atoms with Gasteiger partial charge in [-0.2, -0.15) is 0 Å². The molecule has 0 saturated heterocycles. The van der Waals surface area contributed by atoms with Crippen molar-refractivity contribution in [3.05, 3.63) is 22.7 Å². The van der Waals surface area contributed by atoms with Gasteiger partial charge in [0.05, 0.1) is 11.1 Å². The molecule has 0 fully saturated rings. The van der Waals surface area contributed by atoms with Gasteiger partial charge >= 0.3 is 0 Å². The Bertz CT molecular complexity index is 248. The number of ether oxygens (including phenoxy) is 1. The number of benzene rings is 1. The van der Waals surface area contributed by atoms with E-state index in [9.17, 15) is 5.11 Å². The van der Waals surface area contributed by atoms with Gasteiger partial charge in [-0.05, 0) is 35.0 Å². The SMILES string of the molecule is CCOc1cccc(Br)c1O. The second-order valence-electron chi connectivity index (χ2n) is 2.02. The maximum atomic E-state index is 9.36. The first-order valence-electron chi connectivity index (χ1n) is 3.36. The summed E-state index contributed by atoms with van der Waals surface area (Å²) in [5.74, 6) is 0.677. The molecule has 0 aliphatic carbocycles. The molecule has 1 aromatic rings. The summed E-state index contributed by atoms with van der Waals surface area (Å²) in [7, 11) is 0. The van der Waals surface area contributed by atoms with Crippen LogP contribution in [0.5, 0.6) is 11.5 Å². The Morgan fingerprint density at radius 3 is 2.91 bits per heavy atom. The molecule has 0 spiro atoms. The Morgan fingerprint density at radius 1 is 1.55 bits per heavy atom. The lowest BCUT2D eigenvalue weighted by Crippen LogP contribution is -1.91. The first kappa shape index (κ1) is 8.40. The molecular weight excluding hydrogens is 208 g/mol. The summed E-state index contributed by atoms with van der Waals surface area (Å²) >= 11 is 3.19. The molecule has 1 rings (SSSR count). The number of phenols is 1. The van der Waals surface area contributed by atoms with Crippen LogP contribution in [-0.2, 0) is 0 Å². The summed E-state index contributed by atoms with van der Waals surface area (Å²) < 4.78 is 5.79. The van der Waals surface area contributed by atoms with Gasteiger partial charge in [-0.1, -0.05) is 6.07 Å². The van der Waals surface area contributed by atoms with Crippen LogP contribution in [0, 0.1) is 0 Å². The molecule has 0 radical (unpaired) electrons. The van der Waals surface area contributed by atoms with E-state index >= 15 is 0 Å². The van der Waals surface area contributed by atoms with Gasteiger partial charge in [0.1, 0.15) is 0 Å². The molecule has 0 amide bonds. The molecule has 0 aliphatic rings. The fourth-order valence-electron chi connectivity index (χ4n) is 0.768. The Labute approximate surface area is 73.9 Å². The van der Waals surface area contributed by atoms with E-state index in [1.165, 1.54) is 0 Å². The standard InChI is InChI=1S/C8H9BrO2/c1-2-11-7-5-3-4-6(9)8(7)10/h3-5,10H,2H2,1H3. The molecule has 0 saturated carbocycles. The van der Waals surface area contributed by atoms with Crippen LogP contribution in [0.1, 0.15) is 6.92 Å². The lowest BCUT2D eigenvalue weighted by molar-refractivity contribution is 0.317. The summed E-state index contributed by atoms with van der Waals surface area (Å²) in [5, 5.41) is 9.36. The maximum absolute atomic E-state index is 9.36. The van der Waals surface area contributed by atoms with Crippen molar-refractivity contribution in [2.45, 2.75) is 6.92 Å². The van der Waals surface area contributed by atoms with Crippen LogP contribution in [0.2, 0.25) is 0 Å². The van der Waals surface area contributed by atoms with Crippen molar-refractivity contribution in [3.8, 4) is 11.5 Å². The van der Waals surface area contributed by atoms with Crippen LogP contribution >= 0.6 is 15.9 Å². The largest absolute Gasteiger partial charge is 0.503 e. The second kappa shape index (κ2) is 3.62. The molecule has 0 heterocycles. The van der Waals surface area contributed by atoms with Gasteiger partial charge in [0.15, 0.2) is 11.5 Å². The van der Waals surface area contributed by atoms with Gasteiger partial charge in [-0.15, -0.1) is 0 Å².